The topological polar surface area (TPSA) is 9.23 Å². The van der Waals surface area contributed by atoms with Gasteiger partial charge in [0.05, 0.1) is 5.56 Å². The molecule has 2 fully saturated rings. The van der Waals surface area contributed by atoms with Crippen molar-refractivity contribution in [3.05, 3.63) is 82.5 Å². The van der Waals surface area contributed by atoms with E-state index < -0.39 is 17.6 Å². The van der Waals surface area contributed by atoms with Crippen LogP contribution in [0.5, 0.6) is 5.75 Å². The Balaban J connectivity index is 1.10. The Labute approximate surface area is 232 Å². The van der Waals surface area contributed by atoms with E-state index in [-0.39, 0.29) is 0 Å². The molecule has 0 amide bonds. The summed E-state index contributed by atoms with van der Waals surface area (Å²) in [5, 5.41) is 1.31. The molecule has 0 unspecified atom stereocenters. The van der Waals surface area contributed by atoms with Crippen LogP contribution >= 0.6 is 11.3 Å². The van der Waals surface area contributed by atoms with Crippen LogP contribution in [0.15, 0.2) is 60.7 Å². The normalized spacial score (nSPS) is 24.6. The fourth-order valence-corrected chi connectivity index (χ4v) is 7.62. The van der Waals surface area contributed by atoms with Gasteiger partial charge in [-0.15, -0.1) is 11.3 Å². The van der Waals surface area contributed by atoms with E-state index in [0.717, 1.165) is 42.6 Å². The zero-order chi connectivity index (χ0) is 27.4. The van der Waals surface area contributed by atoms with Crippen LogP contribution in [0.1, 0.15) is 80.2 Å². The molecule has 3 aromatic rings. The van der Waals surface area contributed by atoms with Crippen LogP contribution in [0.3, 0.4) is 0 Å². The summed E-state index contributed by atoms with van der Waals surface area (Å²) in [5.41, 5.74) is -0.721. The Morgan fingerprint density at radius 3 is 2.28 bits per heavy atom. The number of hydrogen-bond donors (Lipinski definition) is 0. The van der Waals surface area contributed by atoms with Crippen molar-refractivity contribution in [3.8, 4) is 5.75 Å². The Morgan fingerprint density at radius 2 is 1.62 bits per heavy atom. The Hall–Kier alpha value is -2.60. The summed E-state index contributed by atoms with van der Waals surface area (Å²) in [5.74, 6) is 2.32. The van der Waals surface area contributed by atoms with E-state index in [2.05, 4.69) is 30.3 Å². The molecule has 2 saturated carbocycles. The maximum atomic E-state index is 13.9. The van der Waals surface area contributed by atoms with E-state index >= 15 is 0 Å². The zero-order valence-corrected chi connectivity index (χ0v) is 23.2. The smallest absolute Gasteiger partial charge is 0.419 e. The van der Waals surface area contributed by atoms with Crippen molar-refractivity contribution in [2.24, 2.45) is 17.8 Å². The summed E-state index contributed by atoms with van der Waals surface area (Å²) in [7, 11) is 0. The van der Waals surface area contributed by atoms with Gasteiger partial charge in [0.1, 0.15) is 18.2 Å². The van der Waals surface area contributed by atoms with Gasteiger partial charge in [0.25, 0.3) is 0 Å². The quantitative estimate of drug-likeness (QED) is 0.208. The standard InChI is InChI=1S/C33H36F4OS/c1-2-3-18-38-28-16-15-27-20-31(39-32(27)21-28)26-13-11-25(12-14-26)24-9-6-22(7-10-24)4-5-23-8-17-29(30(34)19-23)33(35,36)37/h2-5,8,15-17,19-22,24-26H,6-7,9-14,18H2,1H3/b3-2+,5-4+. The van der Waals surface area contributed by atoms with Crippen molar-refractivity contribution < 1.29 is 22.3 Å². The van der Waals surface area contributed by atoms with Crippen molar-refractivity contribution in [2.75, 3.05) is 6.61 Å². The molecule has 1 nitrogen and oxygen atoms in total. The van der Waals surface area contributed by atoms with Gasteiger partial charge in [-0.05, 0) is 129 Å². The van der Waals surface area contributed by atoms with Crippen LogP contribution in [-0.4, -0.2) is 6.61 Å². The minimum atomic E-state index is -4.66. The zero-order valence-electron chi connectivity index (χ0n) is 22.4. The Kier molecular flexibility index (Phi) is 8.80. The van der Waals surface area contributed by atoms with Gasteiger partial charge in [-0.2, -0.15) is 13.2 Å². The van der Waals surface area contributed by atoms with Crippen molar-refractivity contribution in [3.63, 3.8) is 0 Å². The first kappa shape index (κ1) is 27.9. The lowest BCUT2D eigenvalue weighted by atomic mass is 9.69. The predicted octanol–water partition coefficient (Wildman–Crippen LogP) is 10.8. The van der Waals surface area contributed by atoms with Crippen molar-refractivity contribution in [1.82, 2.24) is 0 Å². The molecule has 208 valence electrons. The van der Waals surface area contributed by atoms with Crippen molar-refractivity contribution in [1.29, 1.82) is 0 Å². The van der Waals surface area contributed by atoms with Gasteiger partial charge in [0, 0.05) is 9.58 Å². The largest absolute Gasteiger partial charge is 0.489 e. The van der Waals surface area contributed by atoms with Crippen LogP contribution in [0.4, 0.5) is 17.6 Å². The van der Waals surface area contributed by atoms with Gasteiger partial charge in [-0.25, -0.2) is 4.39 Å². The Bertz CT molecular complexity index is 1300. The maximum Gasteiger partial charge on any atom is 0.419 e. The second kappa shape index (κ2) is 12.3. The molecule has 0 aliphatic heterocycles. The maximum absolute atomic E-state index is 13.9. The number of halogens is 4. The number of fused-ring (bicyclic) bond motifs is 1. The highest BCUT2D eigenvalue weighted by atomic mass is 32.1. The summed E-state index contributed by atoms with van der Waals surface area (Å²) in [6, 6.07) is 11.9. The van der Waals surface area contributed by atoms with E-state index in [4.69, 9.17) is 4.74 Å². The van der Waals surface area contributed by atoms with Crippen LogP contribution in [0.25, 0.3) is 16.2 Å². The van der Waals surface area contributed by atoms with E-state index in [0.29, 0.717) is 24.0 Å². The molecule has 0 radical (unpaired) electrons. The molecule has 1 aromatic heterocycles. The van der Waals surface area contributed by atoms with Crippen LogP contribution in [-0.2, 0) is 6.18 Å². The molecule has 0 atom stereocenters. The molecule has 0 saturated heterocycles. The fourth-order valence-electron chi connectivity index (χ4n) is 6.36. The first-order chi connectivity index (χ1) is 18.8. The van der Waals surface area contributed by atoms with E-state index in [1.165, 1.54) is 59.6 Å². The average molecular weight is 557 g/mol. The van der Waals surface area contributed by atoms with Gasteiger partial charge in [0.2, 0.25) is 0 Å². The third-order valence-corrected chi connectivity index (χ3v) is 9.87. The molecule has 2 aliphatic carbocycles. The number of ether oxygens (including phenoxy) is 1. The fraction of sp³-hybridized carbons (Fsp3) is 0.455. The van der Waals surface area contributed by atoms with E-state index in [9.17, 15) is 17.6 Å². The van der Waals surface area contributed by atoms with Crippen molar-refractivity contribution >= 4 is 27.5 Å². The Morgan fingerprint density at radius 1 is 0.897 bits per heavy atom. The number of alkyl halides is 3. The predicted molar refractivity (Wildman–Crippen MR) is 153 cm³/mol. The third kappa shape index (κ3) is 6.95. The molecular weight excluding hydrogens is 520 g/mol. The minimum absolute atomic E-state index is 0.411. The monoisotopic (exact) mass is 556 g/mol. The SMILES string of the molecule is C/C=C/COc1ccc2cc(C3CCC(C4CCC(/C=C/c5ccc(C(F)(F)F)c(F)c5)CC4)CC3)sc2c1. The summed E-state index contributed by atoms with van der Waals surface area (Å²) >= 11 is 1.92. The number of hydrogen-bond acceptors (Lipinski definition) is 2. The number of thiophene rings is 1. The lowest BCUT2D eigenvalue weighted by Gasteiger charge is -2.37. The van der Waals surface area contributed by atoms with Crippen molar-refractivity contribution in [2.45, 2.75) is 70.4 Å². The summed E-state index contributed by atoms with van der Waals surface area (Å²) in [6.45, 7) is 2.59. The molecule has 39 heavy (non-hydrogen) atoms. The highest BCUT2D eigenvalue weighted by molar-refractivity contribution is 7.19. The minimum Gasteiger partial charge on any atom is -0.489 e. The van der Waals surface area contributed by atoms with Crippen LogP contribution < -0.4 is 4.74 Å². The first-order valence-corrected chi connectivity index (χ1v) is 14.9. The first-order valence-electron chi connectivity index (χ1n) is 14.1. The molecule has 2 aliphatic rings. The summed E-state index contributed by atoms with van der Waals surface area (Å²) in [6.07, 6.45) is 12.9. The molecule has 5 rings (SSSR count). The van der Waals surface area contributed by atoms with E-state index in [1.807, 2.05) is 30.4 Å². The summed E-state index contributed by atoms with van der Waals surface area (Å²) in [4.78, 5) is 1.50. The number of rotatable bonds is 7. The van der Waals surface area contributed by atoms with Gasteiger partial charge in [-0.3, -0.25) is 0 Å². The lowest BCUT2D eigenvalue weighted by Crippen LogP contribution is -2.24. The second-order valence-electron chi connectivity index (χ2n) is 11.1. The second-order valence-corrected chi connectivity index (χ2v) is 12.2. The van der Waals surface area contributed by atoms with Gasteiger partial charge in [0.15, 0.2) is 0 Å². The average Bonchev–Trinajstić information content (AvgIpc) is 3.35. The van der Waals surface area contributed by atoms with Gasteiger partial charge >= 0.3 is 6.18 Å². The molecule has 0 N–H and O–H groups in total. The molecule has 1 heterocycles. The molecular formula is C33H36F4OS. The highest BCUT2D eigenvalue weighted by Crippen LogP contribution is 2.46. The van der Waals surface area contributed by atoms with Crippen LogP contribution in [0.2, 0.25) is 0 Å². The van der Waals surface area contributed by atoms with Gasteiger partial charge in [-0.1, -0.05) is 30.4 Å². The molecule has 2 aromatic carbocycles. The molecule has 0 bridgehead atoms. The van der Waals surface area contributed by atoms with Crippen LogP contribution in [0, 0.1) is 23.6 Å². The lowest BCUT2D eigenvalue weighted by molar-refractivity contribution is -0.140. The molecule has 6 heteroatoms. The highest BCUT2D eigenvalue weighted by Gasteiger charge is 2.34. The summed E-state index contributed by atoms with van der Waals surface area (Å²) < 4.78 is 59.4. The molecule has 0 spiro atoms. The number of allylic oxidation sites excluding steroid dienone is 2. The third-order valence-electron chi connectivity index (χ3n) is 8.61. The number of benzene rings is 2. The van der Waals surface area contributed by atoms with Gasteiger partial charge < -0.3 is 4.74 Å². The van der Waals surface area contributed by atoms with E-state index in [1.54, 1.807) is 6.08 Å².